The lowest BCUT2D eigenvalue weighted by Gasteiger charge is -2.27. The number of amides is 2. The Kier molecular flexibility index (Phi) is 3.80. The molecule has 0 bridgehead atoms. The van der Waals surface area contributed by atoms with Crippen LogP contribution in [0.2, 0.25) is 0 Å². The molecule has 0 heterocycles. The highest BCUT2D eigenvalue weighted by molar-refractivity contribution is 5.72. The Balaban J connectivity index is 4.16. The summed E-state index contributed by atoms with van der Waals surface area (Å²) in [5.74, 6) is 0. The molecule has 0 aliphatic heterocycles. The number of carbonyl (C=O) groups excluding carboxylic acids is 1. The molecule has 0 spiro atoms. The van der Waals surface area contributed by atoms with Gasteiger partial charge in [-0.15, -0.1) is 0 Å². The van der Waals surface area contributed by atoms with Crippen molar-refractivity contribution in [2.45, 2.75) is 5.54 Å². The highest BCUT2D eigenvalue weighted by Crippen LogP contribution is 1.99. The molecule has 0 radical (unpaired) electrons. The molecule has 0 aliphatic rings. The topological polar surface area (TPSA) is 116 Å². The molecule has 0 aromatic carbocycles. The van der Waals surface area contributed by atoms with Gasteiger partial charge >= 0.3 is 6.03 Å². The number of hydrogen-bond donors (Lipinski definition) is 5. The monoisotopic (exact) mass is 164 g/mol. The summed E-state index contributed by atoms with van der Waals surface area (Å²) in [5, 5.41) is 27.9. The van der Waals surface area contributed by atoms with E-state index >= 15 is 0 Å². The van der Waals surface area contributed by atoms with Gasteiger partial charge in [0.2, 0.25) is 0 Å². The van der Waals surface area contributed by atoms with Gasteiger partial charge in [-0.25, -0.2) is 4.79 Å². The summed E-state index contributed by atoms with van der Waals surface area (Å²) in [5.41, 5.74) is 3.31. The van der Waals surface area contributed by atoms with Crippen molar-refractivity contribution in [2.24, 2.45) is 5.73 Å². The predicted molar refractivity (Wildman–Crippen MR) is 36.7 cm³/mol. The fourth-order valence-corrected chi connectivity index (χ4v) is 0.530. The van der Waals surface area contributed by atoms with Crippen molar-refractivity contribution in [2.75, 3.05) is 19.8 Å². The predicted octanol–water partition coefficient (Wildman–Crippen LogP) is -2.63. The lowest BCUT2D eigenvalue weighted by atomic mass is 10.0. The van der Waals surface area contributed by atoms with Crippen molar-refractivity contribution < 1.29 is 20.1 Å². The van der Waals surface area contributed by atoms with E-state index < -0.39 is 31.4 Å². The van der Waals surface area contributed by atoms with Gasteiger partial charge in [0.05, 0.1) is 19.8 Å². The van der Waals surface area contributed by atoms with Gasteiger partial charge in [-0.3, -0.25) is 0 Å². The van der Waals surface area contributed by atoms with Crippen LogP contribution >= 0.6 is 0 Å². The molecule has 0 aromatic heterocycles. The van der Waals surface area contributed by atoms with Crippen LogP contribution in [-0.4, -0.2) is 46.7 Å². The number of nitrogens with one attached hydrogen (secondary N) is 1. The van der Waals surface area contributed by atoms with Gasteiger partial charge in [-0.2, -0.15) is 0 Å². The second kappa shape index (κ2) is 4.12. The van der Waals surface area contributed by atoms with Gasteiger partial charge in [-0.05, 0) is 0 Å². The van der Waals surface area contributed by atoms with Crippen molar-refractivity contribution in [3.8, 4) is 0 Å². The summed E-state index contributed by atoms with van der Waals surface area (Å²) in [7, 11) is 0. The summed E-state index contributed by atoms with van der Waals surface area (Å²) in [6.45, 7) is -1.70. The Morgan fingerprint density at radius 2 is 1.64 bits per heavy atom. The van der Waals surface area contributed by atoms with Gasteiger partial charge in [0, 0.05) is 0 Å². The third-order valence-electron chi connectivity index (χ3n) is 1.30. The van der Waals surface area contributed by atoms with Crippen LogP contribution in [0.4, 0.5) is 4.79 Å². The van der Waals surface area contributed by atoms with Crippen LogP contribution in [0, 0.1) is 0 Å². The van der Waals surface area contributed by atoms with Crippen LogP contribution in [0.3, 0.4) is 0 Å². The minimum atomic E-state index is -1.41. The second-order valence-corrected chi connectivity index (χ2v) is 2.24. The van der Waals surface area contributed by atoms with Crippen LogP contribution in [0.5, 0.6) is 0 Å². The first-order valence-corrected chi connectivity index (χ1v) is 3.00. The van der Waals surface area contributed by atoms with Crippen LogP contribution in [0.25, 0.3) is 0 Å². The first-order valence-electron chi connectivity index (χ1n) is 3.00. The average Bonchev–Trinajstić information content (AvgIpc) is 2.00. The van der Waals surface area contributed by atoms with Crippen molar-refractivity contribution in [1.82, 2.24) is 5.32 Å². The number of nitrogens with two attached hydrogens (primary N) is 1. The SMILES string of the molecule is NC(=O)NC(CO)(CO)CO. The van der Waals surface area contributed by atoms with Gasteiger partial charge in [-0.1, -0.05) is 0 Å². The maximum atomic E-state index is 10.3. The molecule has 0 rings (SSSR count). The average molecular weight is 164 g/mol. The minimum absolute atomic E-state index is 0.567. The molecule has 0 atom stereocenters. The fraction of sp³-hybridized carbons (Fsp3) is 0.800. The van der Waals surface area contributed by atoms with Crippen molar-refractivity contribution >= 4 is 6.03 Å². The van der Waals surface area contributed by atoms with Gasteiger partial charge in [0.1, 0.15) is 5.54 Å². The van der Waals surface area contributed by atoms with Crippen LogP contribution in [0.15, 0.2) is 0 Å². The van der Waals surface area contributed by atoms with E-state index in [9.17, 15) is 4.79 Å². The number of urea groups is 1. The molecule has 6 heteroatoms. The zero-order chi connectivity index (χ0) is 8.91. The maximum absolute atomic E-state index is 10.3. The van der Waals surface area contributed by atoms with E-state index in [1.54, 1.807) is 0 Å². The Labute approximate surface area is 63.6 Å². The van der Waals surface area contributed by atoms with E-state index in [2.05, 4.69) is 0 Å². The number of aliphatic hydroxyl groups excluding tert-OH is 3. The van der Waals surface area contributed by atoms with Crippen molar-refractivity contribution in [1.29, 1.82) is 0 Å². The highest BCUT2D eigenvalue weighted by Gasteiger charge is 2.28. The van der Waals surface area contributed by atoms with E-state index in [0.717, 1.165) is 0 Å². The fourth-order valence-electron chi connectivity index (χ4n) is 0.530. The highest BCUT2D eigenvalue weighted by atomic mass is 16.3. The molecule has 0 saturated carbocycles. The summed E-state index contributed by atoms with van der Waals surface area (Å²) in [4.78, 5) is 10.3. The minimum Gasteiger partial charge on any atom is -0.394 e. The smallest absolute Gasteiger partial charge is 0.312 e. The van der Waals surface area contributed by atoms with E-state index in [1.165, 1.54) is 0 Å². The van der Waals surface area contributed by atoms with Gasteiger partial charge < -0.3 is 26.4 Å². The van der Waals surface area contributed by atoms with E-state index in [-0.39, 0.29) is 0 Å². The third-order valence-corrected chi connectivity index (χ3v) is 1.30. The molecule has 6 nitrogen and oxygen atoms in total. The number of rotatable bonds is 4. The second-order valence-electron chi connectivity index (χ2n) is 2.24. The molecule has 6 N–H and O–H groups in total. The van der Waals surface area contributed by atoms with Crippen LogP contribution < -0.4 is 11.1 Å². The molecule has 2 amide bonds. The first-order chi connectivity index (χ1) is 5.10. The van der Waals surface area contributed by atoms with E-state index in [4.69, 9.17) is 21.1 Å². The van der Waals surface area contributed by atoms with Gasteiger partial charge in [0.15, 0.2) is 0 Å². The molecule has 0 aromatic rings. The van der Waals surface area contributed by atoms with E-state index in [0.29, 0.717) is 0 Å². The third kappa shape index (κ3) is 2.71. The lowest BCUT2D eigenvalue weighted by molar-refractivity contribution is 0.0502. The summed E-state index contributed by atoms with van der Waals surface area (Å²) in [6, 6.07) is -0.901. The van der Waals surface area contributed by atoms with Crippen LogP contribution in [0.1, 0.15) is 0 Å². The molecule has 0 aliphatic carbocycles. The number of carbonyl (C=O) groups is 1. The normalized spacial score (nSPS) is 11.2. The maximum Gasteiger partial charge on any atom is 0.312 e. The standard InChI is InChI=1S/C5H12N2O4/c6-4(11)7-5(1-8,2-9)3-10/h8-10H,1-3H2,(H3,6,7,11). The Bertz CT molecular complexity index is 126. The lowest BCUT2D eigenvalue weighted by Crippen LogP contribution is -2.58. The van der Waals surface area contributed by atoms with Gasteiger partial charge in [0.25, 0.3) is 0 Å². The van der Waals surface area contributed by atoms with E-state index in [1.807, 2.05) is 5.32 Å². The molecule has 0 unspecified atom stereocenters. The molecule has 0 fully saturated rings. The number of primary amides is 1. The summed E-state index contributed by atoms with van der Waals surface area (Å²) in [6.07, 6.45) is 0. The molecule has 11 heavy (non-hydrogen) atoms. The quantitative estimate of drug-likeness (QED) is 0.312. The largest absolute Gasteiger partial charge is 0.394 e. The molecular weight excluding hydrogens is 152 g/mol. The van der Waals surface area contributed by atoms with Crippen molar-refractivity contribution in [3.05, 3.63) is 0 Å². The Hall–Kier alpha value is -0.850. The number of hydrogen-bond acceptors (Lipinski definition) is 4. The Morgan fingerprint density at radius 1 is 1.27 bits per heavy atom. The molecular formula is C5H12N2O4. The zero-order valence-corrected chi connectivity index (χ0v) is 5.95. The molecule has 0 saturated heterocycles. The summed E-state index contributed by atoms with van der Waals surface area (Å²) >= 11 is 0. The van der Waals surface area contributed by atoms with Crippen molar-refractivity contribution in [3.63, 3.8) is 0 Å². The van der Waals surface area contributed by atoms with Crippen LogP contribution in [-0.2, 0) is 0 Å². The summed E-state index contributed by atoms with van der Waals surface area (Å²) < 4.78 is 0. The number of aliphatic hydroxyl groups is 3. The Morgan fingerprint density at radius 3 is 1.73 bits per heavy atom. The zero-order valence-electron chi connectivity index (χ0n) is 5.95. The molecule has 66 valence electrons. The first kappa shape index (κ1) is 10.2.